The minimum Gasteiger partial charge on any atom is -0.318 e. The molecule has 5 nitrogen and oxygen atoms in total. The molecular formula is C29H21Cl2N3O2S2. The molecule has 1 aliphatic rings. The van der Waals surface area contributed by atoms with E-state index < -0.39 is 22.1 Å². The first-order chi connectivity index (χ1) is 18.4. The van der Waals surface area contributed by atoms with Crippen LogP contribution in [-0.4, -0.2) is 27.9 Å². The number of carbonyl (C=O) groups excluding carboxylic acids is 2. The second-order valence-electron chi connectivity index (χ2n) is 8.34. The summed E-state index contributed by atoms with van der Waals surface area (Å²) < 4.78 is -0.598. The first-order valence-corrected chi connectivity index (χ1v) is 14.1. The molecule has 2 N–H and O–H groups in total. The summed E-state index contributed by atoms with van der Waals surface area (Å²) in [5, 5.41) is 7.11. The van der Waals surface area contributed by atoms with Gasteiger partial charge in [-0.1, -0.05) is 71.7 Å². The van der Waals surface area contributed by atoms with Gasteiger partial charge in [0.1, 0.15) is 10.4 Å². The Labute approximate surface area is 239 Å². The summed E-state index contributed by atoms with van der Waals surface area (Å²) in [4.78, 5) is 34.0. The molecule has 5 rings (SSSR count). The Hall–Kier alpha value is -3.23. The van der Waals surface area contributed by atoms with Crippen molar-refractivity contribution in [1.82, 2.24) is 10.6 Å². The molecule has 0 aromatic heterocycles. The third-order valence-corrected chi connectivity index (χ3v) is 8.99. The topological polar surface area (TPSA) is 70.6 Å². The van der Waals surface area contributed by atoms with Crippen LogP contribution in [0.2, 0.25) is 10.0 Å². The average molecular weight is 579 g/mol. The lowest BCUT2D eigenvalue weighted by Gasteiger charge is -2.32. The van der Waals surface area contributed by atoms with Gasteiger partial charge in [-0.05, 0) is 60.7 Å². The fourth-order valence-corrected chi connectivity index (χ4v) is 6.77. The van der Waals surface area contributed by atoms with Crippen molar-refractivity contribution in [2.45, 2.75) is 20.0 Å². The number of nitrogens with zero attached hydrogens (tertiary/aromatic N) is 1. The van der Waals surface area contributed by atoms with Crippen molar-refractivity contribution in [3.05, 3.63) is 130 Å². The maximum Gasteiger partial charge on any atom is 0.276 e. The predicted molar refractivity (Wildman–Crippen MR) is 156 cm³/mol. The van der Waals surface area contributed by atoms with Crippen LogP contribution in [-0.2, 0) is 4.79 Å². The lowest BCUT2D eigenvalue weighted by Crippen LogP contribution is -2.59. The lowest BCUT2D eigenvalue weighted by atomic mass is 10.1. The van der Waals surface area contributed by atoms with E-state index in [-0.39, 0.29) is 0 Å². The van der Waals surface area contributed by atoms with Gasteiger partial charge >= 0.3 is 0 Å². The summed E-state index contributed by atoms with van der Waals surface area (Å²) >= 11 is 15.1. The molecule has 1 atom stereocenters. The van der Waals surface area contributed by atoms with E-state index in [1.165, 1.54) is 23.5 Å². The molecule has 0 saturated carbocycles. The Balaban J connectivity index is 1.61. The zero-order valence-electron chi connectivity index (χ0n) is 19.8. The van der Waals surface area contributed by atoms with Crippen LogP contribution in [0.1, 0.15) is 15.9 Å². The average Bonchev–Trinajstić information content (AvgIpc) is 3.28. The quantitative estimate of drug-likeness (QED) is 0.176. The van der Waals surface area contributed by atoms with Crippen LogP contribution in [0, 0.1) is 0 Å². The smallest absolute Gasteiger partial charge is 0.276 e. The highest BCUT2D eigenvalue weighted by Gasteiger charge is 2.52. The van der Waals surface area contributed by atoms with Gasteiger partial charge in [0.15, 0.2) is 0 Å². The molecule has 1 heterocycles. The molecule has 4 aromatic rings. The van der Waals surface area contributed by atoms with E-state index in [1.807, 2.05) is 60.7 Å². The number of rotatable bonds is 8. The molecule has 9 heteroatoms. The molecule has 1 aliphatic heterocycles. The second-order valence-corrected chi connectivity index (χ2v) is 11.9. The van der Waals surface area contributed by atoms with Crippen LogP contribution in [0.5, 0.6) is 0 Å². The Bertz CT molecular complexity index is 1420. The largest absolute Gasteiger partial charge is 0.318 e. The number of thioether (sulfide) groups is 2. The van der Waals surface area contributed by atoms with Crippen LogP contribution in [0.3, 0.4) is 0 Å². The van der Waals surface area contributed by atoms with Crippen LogP contribution < -0.4 is 10.6 Å². The van der Waals surface area contributed by atoms with Crippen molar-refractivity contribution in [3.8, 4) is 0 Å². The van der Waals surface area contributed by atoms with Gasteiger partial charge in [0.25, 0.3) is 11.8 Å². The number of amides is 2. The van der Waals surface area contributed by atoms with E-state index in [9.17, 15) is 9.59 Å². The van der Waals surface area contributed by atoms with E-state index in [2.05, 4.69) is 10.6 Å². The number of hydrogen-bond acceptors (Lipinski definition) is 5. The van der Waals surface area contributed by atoms with E-state index in [0.717, 1.165) is 15.4 Å². The zero-order valence-corrected chi connectivity index (χ0v) is 23.0. The van der Waals surface area contributed by atoms with E-state index in [4.69, 9.17) is 28.2 Å². The number of aliphatic imine (C=N–C) groups is 1. The number of amidine groups is 1. The highest BCUT2D eigenvalue weighted by molar-refractivity contribution is 8.17. The van der Waals surface area contributed by atoms with E-state index in [0.29, 0.717) is 21.4 Å². The van der Waals surface area contributed by atoms with Crippen molar-refractivity contribution in [3.63, 3.8) is 0 Å². The maximum atomic E-state index is 13.9. The van der Waals surface area contributed by atoms with Gasteiger partial charge in [-0.2, -0.15) is 0 Å². The Kier molecular flexibility index (Phi) is 8.09. The van der Waals surface area contributed by atoms with Gasteiger partial charge in [0.2, 0.25) is 5.66 Å². The highest BCUT2D eigenvalue weighted by atomic mass is 35.5. The number of benzene rings is 4. The minimum absolute atomic E-state index is 0.391. The third kappa shape index (κ3) is 5.92. The lowest BCUT2D eigenvalue weighted by molar-refractivity contribution is -0.124. The van der Waals surface area contributed by atoms with Gasteiger partial charge in [-0.3, -0.25) is 9.59 Å². The molecule has 0 bridgehead atoms. The summed E-state index contributed by atoms with van der Waals surface area (Å²) in [5.74, 6) is -0.437. The zero-order chi connectivity index (χ0) is 26.5. The van der Waals surface area contributed by atoms with Crippen LogP contribution in [0.4, 0.5) is 0 Å². The van der Waals surface area contributed by atoms with Crippen molar-refractivity contribution < 1.29 is 9.59 Å². The maximum absolute atomic E-state index is 13.9. The molecule has 0 radical (unpaired) electrons. The summed E-state index contributed by atoms with van der Waals surface area (Å²) in [6.45, 7) is 0. The first kappa shape index (κ1) is 26.4. The standard InChI is InChI=1S/C29H21Cl2N3O2S2/c30-21-11-15-23(16-12-21)37-28(38-24-17-13-22(31)14-18-24)29(34-26(35)20-9-5-2-6-10-20)27(36)32-25(33-29)19-7-3-1-4-8-19/h1-18,28H,(H,34,35)(H,32,33,36)/t29-/m0/s1. The minimum atomic E-state index is -1.63. The summed E-state index contributed by atoms with van der Waals surface area (Å²) in [6, 6.07) is 32.8. The molecule has 0 saturated heterocycles. The second kappa shape index (κ2) is 11.7. The number of hydrogen-bond donors (Lipinski definition) is 2. The number of halogens is 2. The Morgan fingerprint density at radius 1 is 0.763 bits per heavy atom. The summed E-state index contributed by atoms with van der Waals surface area (Å²) in [6.07, 6.45) is 0. The van der Waals surface area contributed by atoms with E-state index in [1.54, 1.807) is 48.5 Å². The molecular weight excluding hydrogens is 557 g/mol. The van der Waals surface area contributed by atoms with Crippen molar-refractivity contribution in [2.24, 2.45) is 4.99 Å². The van der Waals surface area contributed by atoms with Crippen LogP contribution in [0.25, 0.3) is 0 Å². The predicted octanol–water partition coefficient (Wildman–Crippen LogP) is 6.91. The van der Waals surface area contributed by atoms with Gasteiger partial charge in [-0.15, -0.1) is 23.5 Å². The summed E-state index contributed by atoms with van der Waals surface area (Å²) in [7, 11) is 0. The molecule has 0 unspecified atom stereocenters. The van der Waals surface area contributed by atoms with Crippen LogP contribution >= 0.6 is 46.7 Å². The molecule has 0 fully saturated rings. The molecule has 0 aliphatic carbocycles. The molecule has 0 spiro atoms. The highest BCUT2D eigenvalue weighted by Crippen LogP contribution is 2.44. The monoisotopic (exact) mass is 577 g/mol. The molecule has 190 valence electrons. The van der Waals surface area contributed by atoms with Gasteiger partial charge in [0, 0.05) is 31.0 Å². The molecule has 4 aromatic carbocycles. The summed E-state index contributed by atoms with van der Waals surface area (Å²) in [5.41, 5.74) is -0.467. The van der Waals surface area contributed by atoms with E-state index >= 15 is 0 Å². The van der Waals surface area contributed by atoms with Gasteiger partial charge < -0.3 is 10.6 Å². The van der Waals surface area contributed by atoms with Gasteiger partial charge in [-0.25, -0.2) is 4.99 Å². The van der Waals surface area contributed by atoms with Crippen molar-refractivity contribution >= 4 is 64.4 Å². The first-order valence-electron chi connectivity index (χ1n) is 11.6. The Morgan fingerprint density at radius 2 is 1.26 bits per heavy atom. The Morgan fingerprint density at radius 3 is 1.79 bits per heavy atom. The molecule has 38 heavy (non-hydrogen) atoms. The fourth-order valence-electron chi connectivity index (χ4n) is 3.80. The van der Waals surface area contributed by atoms with Crippen molar-refractivity contribution in [2.75, 3.05) is 0 Å². The normalized spacial score (nSPS) is 16.7. The van der Waals surface area contributed by atoms with Crippen LogP contribution in [0.15, 0.2) is 124 Å². The molecule has 2 amide bonds. The number of nitrogens with one attached hydrogen (secondary N) is 2. The van der Waals surface area contributed by atoms with Crippen molar-refractivity contribution in [1.29, 1.82) is 0 Å². The SMILES string of the molecule is O=C(N[C@@]1(C(Sc2ccc(Cl)cc2)Sc2ccc(Cl)cc2)N=C(c2ccccc2)NC1=O)c1ccccc1. The third-order valence-electron chi connectivity index (χ3n) is 5.71. The van der Waals surface area contributed by atoms with Gasteiger partial charge in [0.05, 0.1) is 0 Å². The number of carbonyl (C=O) groups is 2. The fraction of sp³-hybridized carbons (Fsp3) is 0.0690.